The number of halogens is 1. The van der Waals surface area contributed by atoms with Crippen LogP contribution in [-0.2, 0) is 14.6 Å². The van der Waals surface area contributed by atoms with E-state index in [1.54, 1.807) is 13.8 Å². The van der Waals surface area contributed by atoms with E-state index in [0.29, 0.717) is 16.8 Å². The van der Waals surface area contributed by atoms with Crippen molar-refractivity contribution in [1.82, 2.24) is 4.98 Å². The van der Waals surface area contributed by atoms with Gasteiger partial charge in [-0.1, -0.05) is 11.6 Å². The number of benzene rings is 1. The van der Waals surface area contributed by atoms with Crippen molar-refractivity contribution >= 4 is 39.0 Å². The topological polar surface area (TPSA) is 110 Å². The van der Waals surface area contributed by atoms with Gasteiger partial charge >= 0.3 is 5.97 Å². The normalized spacial score (nSPS) is 12.5. The molecule has 0 amide bonds. The molecule has 0 aliphatic rings. The van der Waals surface area contributed by atoms with Crippen molar-refractivity contribution in [2.45, 2.75) is 38.7 Å². The van der Waals surface area contributed by atoms with Crippen molar-refractivity contribution in [3.8, 4) is 0 Å². The highest BCUT2D eigenvalue weighted by atomic mass is 35.5. The summed E-state index contributed by atoms with van der Waals surface area (Å²) in [5.41, 5.74) is 1.48. The predicted molar refractivity (Wildman–Crippen MR) is 104 cm³/mol. The lowest BCUT2D eigenvalue weighted by Crippen LogP contribution is -2.25. The van der Waals surface area contributed by atoms with Gasteiger partial charge in [-0.3, -0.25) is 9.59 Å². The van der Waals surface area contributed by atoms with Crippen LogP contribution in [0.2, 0.25) is 5.02 Å². The fraction of sp³-hybridized carbons (Fsp3) is 0.316. The summed E-state index contributed by atoms with van der Waals surface area (Å²) in [4.78, 5) is 39.6. The average Bonchev–Trinajstić information content (AvgIpc) is 2.87. The van der Waals surface area contributed by atoms with Crippen LogP contribution in [0.4, 0.5) is 0 Å². The molecule has 1 aromatic heterocycles. The molecule has 1 atom stereocenters. The van der Waals surface area contributed by atoms with Gasteiger partial charge in [0.2, 0.25) is 5.78 Å². The molecule has 150 valence electrons. The largest absolute Gasteiger partial charge is 0.451 e. The van der Waals surface area contributed by atoms with E-state index < -0.39 is 27.7 Å². The van der Waals surface area contributed by atoms with E-state index in [4.69, 9.17) is 16.3 Å². The predicted octanol–water partition coefficient (Wildman–Crippen LogP) is 3.32. The minimum absolute atomic E-state index is 0.00261. The van der Waals surface area contributed by atoms with Crippen LogP contribution in [0.15, 0.2) is 23.1 Å². The molecule has 2 rings (SSSR count). The summed E-state index contributed by atoms with van der Waals surface area (Å²) in [6.45, 7) is 6.09. The number of ketones is 2. The number of carbonyl (C=O) groups excluding carboxylic acids is 3. The number of rotatable bonds is 6. The molecular formula is C19H20ClNO6S. The average molecular weight is 426 g/mol. The van der Waals surface area contributed by atoms with Crippen molar-refractivity contribution in [1.29, 1.82) is 0 Å². The van der Waals surface area contributed by atoms with Crippen molar-refractivity contribution in [3.05, 3.63) is 51.3 Å². The Balaban J connectivity index is 2.29. The first-order chi connectivity index (χ1) is 12.8. The molecule has 0 radical (unpaired) electrons. The van der Waals surface area contributed by atoms with E-state index in [9.17, 15) is 22.8 Å². The van der Waals surface area contributed by atoms with Crippen molar-refractivity contribution in [3.63, 3.8) is 0 Å². The van der Waals surface area contributed by atoms with E-state index in [0.717, 1.165) is 12.3 Å². The summed E-state index contributed by atoms with van der Waals surface area (Å²) in [5.74, 6) is -1.62. The molecule has 0 spiro atoms. The van der Waals surface area contributed by atoms with E-state index in [1.165, 1.54) is 26.0 Å². The van der Waals surface area contributed by atoms with Crippen LogP contribution in [-0.4, -0.2) is 43.3 Å². The zero-order chi connectivity index (χ0) is 21.4. The third kappa shape index (κ3) is 4.34. The lowest BCUT2D eigenvalue weighted by atomic mass is 10.0. The Kier molecular flexibility index (Phi) is 6.15. The molecule has 2 aromatic rings. The van der Waals surface area contributed by atoms with Crippen molar-refractivity contribution in [2.75, 3.05) is 6.26 Å². The molecule has 1 aromatic carbocycles. The monoisotopic (exact) mass is 425 g/mol. The Bertz CT molecular complexity index is 1080. The van der Waals surface area contributed by atoms with Gasteiger partial charge in [0.25, 0.3) is 0 Å². The lowest BCUT2D eigenvalue weighted by molar-refractivity contribution is 0.0317. The SMILES string of the molecule is CC(=O)c1c(C)[nH]c(C(=O)C(C)OC(=O)c2cc(S(C)(=O)=O)ccc2Cl)c1C. The molecule has 0 bridgehead atoms. The summed E-state index contributed by atoms with van der Waals surface area (Å²) in [7, 11) is -3.55. The summed E-state index contributed by atoms with van der Waals surface area (Å²) in [6, 6.07) is 3.66. The lowest BCUT2D eigenvalue weighted by Gasteiger charge is -2.13. The van der Waals surface area contributed by atoms with Gasteiger partial charge in [-0.15, -0.1) is 0 Å². The van der Waals surface area contributed by atoms with Crippen LogP contribution in [0.25, 0.3) is 0 Å². The molecule has 0 saturated carbocycles. The number of hydrogen-bond acceptors (Lipinski definition) is 6. The first-order valence-corrected chi connectivity index (χ1v) is 10.6. The Morgan fingerprint density at radius 2 is 1.79 bits per heavy atom. The molecule has 1 N–H and O–H groups in total. The zero-order valence-electron chi connectivity index (χ0n) is 16.0. The number of ether oxygens (including phenoxy) is 1. The molecule has 1 unspecified atom stereocenters. The molecule has 7 nitrogen and oxygen atoms in total. The minimum atomic E-state index is -3.55. The molecule has 1 heterocycles. The summed E-state index contributed by atoms with van der Waals surface area (Å²) in [6.07, 6.45) is -0.178. The highest BCUT2D eigenvalue weighted by Crippen LogP contribution is 2.24. The van der Waals surface area contributed by atoms with Gasteiger partial charge in [0, 0.05) is 17.5 Å². The van der Waals surface area contributed by atoms with E-state index >= 15 is 0 Å². The second-order valence-corrected chi connectivity index (χ2v) is 8.93. The van der Waals surface area contributed by atoms with Crippen LogP contribution in [0.1, 0.15) is 56.3 Å². The second kappa shape index (κ2) is 7.89. The van der Waals surface area contributed by atoms with Gasteiger partial charge in [-0.05, 0) is 51.5 Å². The zero-order valence-corrected chi connectivity index (χ0v) is 17.6. The van der Waals surface area contributed by atoms with Crippen LogP contribution in [0.5, 0.6) is 0 Å². The van der Waals surface area contributed by atoms with Crippen molar-refractivity contribution < 1.29 is 27.5 Å². The Morgan fingerprint density at radius 1 is 1.18 bits per heavy atom. The number of sulfone groups is 1. The first kappa shape index (κ1) is 21.8. The molecule has 28 heavy (non-hydrogen) atoms. The third-order valence-corrected chi connectivity index (χ3v) is 5.71. The van der Waals surface area contributed by atoms with Crippen LogP contribution < -0.4 is 0 Å². The molecule has 0 aliphatic carbocycles. The number of Topliss-reactive ketones (excluding diaryl/α,β-unsaturated/α-hetero) is 2. The first-order valence-electron chi connectivity index (χ1n) is 8.29. The van der Waals surface area contributed by atoms with Gasteiger partial charge < -0.3 is 9.72 Å². The van der Waals surface area contributed by atoms with Gasteiger partial charge in [-0.2, -0.15) is 0 Å². The highest BCUT2D eigenvalue weighted by molar-refractivity contribution is 7.90. The number of hydrogen-bond donors (Lipinski definition) is 1. The fourth-order valence-electron chi connectivity index (χ4n) is 2.90. The second-order valence-electron chi connectivity index (χ2n) is 6.51. The third-order valence-electron chi connectivity index (χ3n) is 4.27. The smallest absolute Gasteiger partial charge is 0.340 e. The van der Waals surface area contributed by atoms with Gasteiger partial charge in [0.05, 0.1) is 21.2 Å². The molecule has 0 fully saturated rings. The Morgan fingerprint density at radius 3 is 2.29 bits per heavy atom. The van der Waals surface area contributed by atoms with Crippen LogP contribution in [0, 0.1) is 13.8 Å². The van der Waals surface area contributed by atoms with Gasteiger partial charge in [0.1, 0.15) is 0 Å². The maximum atomic E-state index is 12.7. The number of H-pyrrole nitrogens is 1. The minimum Gasteiger partial charge on any atom is -0.451 e. The summed E-state index contributed by atoms with van der Waals surface area (Å²) in [5, 5.41) is 0.00261. The van der Waals surface area contributed by atoms with Gasteiger partial charge in [0.15, 0.2) is 21.7 Å². The number of carbonyl (C=O) groups is 3. The van der Waals surface area contributed by atoms with Crippen LogP contribution in [0.3, 0.4) is 0 Å². The number of nitrogens with one attached hydrogen (secondary N) is 1. The molecule has 9 heteroatoms. The molecular weight excluding hydrogens is 406 g/mol. The number of aryl methyl sites for hydroxylation is 1. The van der Waals surface area contributed by atoms with E-state index in [2.05, 4.69) is 4.98 Å². The van der Waals surface area contributed by atoms with E-state index in [-0.39, 0.29) is 27.0 Å². The number of esters is 1. The number of aromatic nitrogens is 1. The Labute approximate surface area is 168 Å². The van der Waals surface area contributed by atoms with Crippen molar-refractivity contribution in [2.24, 2.45) is 0 Å². The molecule has 0 aliphatic heterocycles. The van der Waals surface area contributed by atoms with E-state index in [1.807, 2.05) is 0 Å². The maximum absolute atomic E-state index is 12.7. The summed E-state index contributed by atoms with van der Waals surface area (Å²) < 4.78 is 28.6. The van der Waals surface area contributed by atoms with Gasteiger partial charge in [-0.25, -0.2) is 13.2 Å². The fourth-order valence-corrected chi connectivity index (χ4v) is 3.74. The van der Waals surface area contributed by atoms with Crippen LogP contribution >= 0.6 is 11.6 Å². The Hall–Kier alpha value is -2.45. The highest BCUT2D eigenvalue weighted by Gasteiger charge is 2.27. The number of aromatic amines is 1. The maximum Gasteiger partial charge on any atom is 0.340 e. The quantitative estimate of drug-likeness (QED) is 0.561. The standard InChI is InChI=1S/C19H20ClNO6S/c1-9-16(11(3)22)10(2)21-17(9)18(23)12(4)27-19(24)14-8-13(28(5,25)26)6-7-15(14)20/h6-8,12,21H,1-5H3. The molecule has 0 saturated heterocycles. The summed E-state index contributed by atoms with van der Waals surface area (Å²) >= 11 is 5.98.